The molecule has 1 amide bonds. The van der Waals surface area contributed by atoms with Gasteiger partial charge in [0, 0.05) is 11.8 Å². The largest absolute Gasteiger partial charge is 0.433 e. The number of amides is 1. The van der Waals surface area contributed by atoms with Crippen LogP contribution < -0.4 is 5.32 Å². The molecule has 0 atom stereocenters. The highest BCUT2D eigenvalue weighted by molar-refractivity contribution is 8.14. The lowest BCUT2D eigenvalue weighted by Crippen LogP contribution is -2.19. The molecular formula is C19H44N2O7P2S3. The third-order valence-electron chi connectivity index (χ3n) is 3.08. The van der Waals surface area contributed by atoms with E-state index in [0.717, 1.165) is 0 Å². The molecule has 0 saturated heterocycles. The van der Waals surface area contributed by atoms with Crippen molar-refractivity contribution in [3.8, 4) is 0 Å². The second kappa shape index (κ2) is 22.8. The summed E-state index contributed by atoms with van der Waals surface area (Å²) in [7, 11) is 1.48. The van der Waals surface area contributed by atoms with E-state index in [9.17, 15) is 4.79 Å². The molecule has 0 radical (unpaired) electrons. The van der Waals surface area contributed by atoms with Gasteiger partial charge in [0.15, 0.2) is 0 Å². The van der Waals surface area contributed by atoms with Crippen molar-refractivity contribution in [1.82, 2.24) is 5.32 Å². The van der Waals surface area contributed by atoms with Crippen LogP contribution in [0.25, 0.3) is 0 Å². The summed E-state index contributed by atoms with van der Waals surface area (Å²) in [5.41, 5.74) is 0. The Balaban J connectivity index is -0.000000488. The Labute approximate surface area is 215 Å². The molecule has 0 aromatic rings. The second-order valence-corrected chi connectivity index (χ2v) is 13.9. The van der Waals surface area contributed by atoms with Crippen molar-refractivity contribution < 1.29 is 32.0 Å². The van der Waals surface area contributed by atoms with Crippen molar-refractivity contribution in [3.05, 3.63) is 0 Å². The Hall–Kier alpha value is 0.390. The van der Waals surface area contributed by atoms with E-state index < -0.39 is 19.5 Å². The normalized spacial score (nSPS) is 11.8. The van der Waals surface area contributed by atoms with Crippen LogP contribution in [0.3, 0.4) is 0 Å². The van der Waals surface area contributed by atoms with Crippen molar-refractivity contribution in [2.45, 2.75) is 73.0 Å². The molecule has 0 unspecified atom stereocenters. The molecule has 9 nitrogen and oxygen atoms in total. The minimum absolute atomic E-state index is 0.103. The van der Waals surface area contributed by atoms with Crippen molar-refractivity contribution in [3.63, 3.8) is 0 Å². The van der Waals surface area contributed by atoms with Crippen LogP contribution in [-0.2, 0) is 50.9 Å². The molecule has 0 aromatic carbocycles. The number of nitrogens with one attached hydrogen (secondary N) is 1. The van der Waals surface area contributed by atoms with Gasteiger partial charge in [-0.3, -0.25) is 4.84 Å². The zero-order chi connectivity index (χ0) is 26.4. The lowest BCUT2D eigenvalue weighted by atomic mass is 10.2. The lowest BCUT2D eigenvalue weighted by molar-refractivity contribution is 0.153. The minimum atomic E-state index is -2.87. The van der Waals surface area contributed by atoms with Gasteiger partial charge in [-0.1, -0.05) is 31.8 Å². The maximum atomic E-state index is 10.5. The van der Waals surface area contributed by atoms with E-state index in [1.54, 1.807) is 18.0 Å². The maximum absolute atomic E-state index is 10.5. The molecule has 1 N–H and O–H groups in total. The standard InChI is InChI=1S/C8H20O5P2S2.C7H14N2O2S.C4H10/c1-5-9-14(16,10-6-2)13-15(17,11-7-3)12-8-4;1-7(2,12-4)5-9-11-6(10)8-3;1-3-4-2/h5-8H2,1-4H3;5H,1-4H3,(H,8,10);3-4H2,1-2H3/b;9-5+;. The lowest BCUT2D eigenvalue weighted by Gasteiger charge is -2.27. The van der Waals surface area contributed by atoms with Gasteiger partial charge in [0.1, 0.15) is 0 Å². The quantitative estimate of drug-likeness (QED) is 0.103. The number of hydrogen-bond acceptors (Lipinski definition) is 11. The van der Waals surface area contributed by atoms with Crippen LogP contribution in [-0.4, -0.2) is 56.8 Å². The Bertz CT molecular complexity index is 562. The smallest absolute Gasteiger partial charge is 0.323 e. The van der Waals surface area contributed by atoms with E-state index >= 15 is 0 Å². The second-order valence-electron chi connectivity index (χ2n) is 6.32. The predicted molar refractivity (Wildman–Crippen MR) is 148 cm³/mol. The first-order valence-electron chi connectivity index (χ1n) is 10.9. The highest BCUT2D eigenvalue weighted by Crippen LogP contribution is 2.66. The topological polar surface area (TPSA) is 96.8 Å². The molecule has 0 heterocycles. The molecule has 33 heavy (non-hydrogen) atoms. The molecule has 0 saturated carbocycles. The molecule has 0 fully saturated rings. The summed E-state index contributed by atoms with van der Waals surface area (Å²) in [4.78, 5) is 15.0. The average Bonchev–Trinajstić information content (AvgIpc) is 2.74. The van der Waals surface area contributed by atoms with Gasteiger partial charge < -0.3 is 23.4 Å². The van der Waals surface area contributed by atoms with Crippen molar-refractivity contribution in [2.24, 2.45) is 5.16 Å². The Morgan fingerprint density at radius 2 is 1.27 bits per heavy atom. The summed E-state index contributed by atoms with van der Waals surface area (Å²) >= 11 is 12.1. The first kappa shape index (κ1) is 37.9. The van der Waals surface area contributed by atoms with E-state index in [2.05, 4.69) is 29.2 Å². The monoisotopic (exact) mass is 570 g/mol. The highest BCUT2D eigenvalue weighted by Gasteiger charge is 2.32. The molecule has 0 aliphatic rings. The molecule has 0 aromatic heterocycles. The Morgan fingerprint density at radius 1 is 0.909 bits per heavy atom. The SMILES string of the molecule is CCCC.CCOP(=S)(OCC)OP(=S)(OCC)OCC.CNC(=O)O/N=C/C(C)(C)SC. The van der Waals surface area contributed by atoms with Gasteiger partial charge in [-0.2, -0.15) is 11.8 Å². The third kappa shape index (κ3) is 23.9. The molecule has 0 aliphatic carbocycles. The molecular weight excluding hydrogens is 526 g/mol. The summed E-state index contributed by atoms with van der Waals surface area (Å²) in [5, 5.41) is 5.81. The summed E-state index contributed by atoms with van der Waals surface area (Å²) < 4.78 is 26.8. The van der Waals surface area contributed by atoms with Crippen molar-refractivity contribution >= 4 is 61.1 Å². The fourth-order valence-electron chi connectivity index (χ4n) is 1.22. The fourth-order valence-corrected chi connectivity index (χ4v) is 7.74. The molecule has 0 bridgehead atoms. The van der Waals surface area contributed by atoms with Crippen LogP contribution >= 0.6 is 25.2 Å². The van der Waals surface area contributed by atoms with Gasteiger partial charge in [0.2, 0.25) is 0 Å². The maximum Gasteiger partial charge on any atom is 0.433 e. The van der Waals surface area contributed by atoms with Crippen LogP contribution in [0.1, 0.15) is 68.2 Å². The van der Waals surface area contributed by atoms with Gasteiger partial charge in [-0.05, 0) is 71.4 Å². The van der Waals surface area contributed by atoms with Gasteiger partial charge in [-0.15, -0.1) is 0 Å². The zero-order valence-corrected chi connectivity index (χ0v) is 26.0. The number of oxime groups is 1. The number of nitrogens with zero attached hydrogens (tertiary/aromatic N) is 1. The predicted octanol–water partition coefficient (Wildman–Crippen LogP) is 6.87. The molecule has 0 aliphatic heterocycles. The average molecular weight is 571 g/mol. The Kier molecular flexibility index (Phi) is 26.2. The summed E-state index contributed by atoms with van der Waals surface area (Å²) in [6.45, 7) is 11.4. The number of unbranched alkanes of at least 4 members (excludes halogenated alkanes) is 1. The van der Waals surface area contributed by atoms with Crippen molar-refractivity contribution in [2.75, 3.05) is 39.7 Å². The van der Waals surface area contributed by atoms with Crippen LogP contribution in [0, 0.1) is 0 Å². The van der Waals surface area contributed by atoms with E-state index in [0.29, 0.717) is 26.4 Å². The van der Waals surface area contributed by atoms with E-state index in [-0.39, 0.29) is 4.75 Å². The summed E-state index contributed by atoms with van der Waals surface area (Å²) in [5.74, 6) is 0. The van der Waals surface area contributed by atoms with Gasteiger partial charge in [-0.25, -0.2) is 9.11 Å². The molecule has 0 spiro atoms. The molecule has 0 rings (SSSR count). The van der Waals surface area contributed by atoms with E-state index in [1.165, 1.54) is 19.9 Å². The summed E-state index contributed by atoms with van der Waals surface area (Å²) in [6, 6.07) is 0. The van der Waals surface area contributed by atoms with Crippen LogP contribution in [0.4, 0.5) is 4.79 Å². The number of thioether (sulfide) groups is 1. The van der Waals surface area contributed by atoms with Gasteiger partial charge >= 0.3 is 19.5 Å². The van der Waals surface area contributed by atoms with E-state index in [1.807, 2.05) is 47.8 Å². The van der Waals surface area contributed by atoms with Crippen LogP contribution in [0.5, 0.6) is 0 Å². The highest BCUT2D eigenvalue weighted by atomic mass is 32.5. The zero-order valence-electron chi connectivity index (χ0n) is 21.7. The number of hydrogen-bond donors (Lipinski definition) is 1. The van der Waals surface area contributed by atoms with Gasteiger partial charge in [0.05, 0.1) is 32.6 Å². The Morgan fingerprint density at radius 3 is 1.52 bits per heavy atom. The van der Waals surface area contributed by atoms with Crippen molar-refractivity contribution in [1.29, 1.82) is 0 Å². The fraction of sp³-hybridized carbons (Fsp3) is 0.895. The first-order valence-corrected chi connectivity index (χ1v) is 17.2. The third-order valence-corrected chi connectivity index (χ3v) is 10.6. The van der Waals surface area contributed by atoms with Crippen LogP contribution in [0.2, 0.25) is 0 Å². The first-order chi connectivity index (χ1) is 15.4. The minimum Gasteiger partial charge on any atom is -0.323 e. The molecule has 14 heteroatoms. The number of rotatable bonds is 14. The van der Waals surface area contributed by atoms with E-state index in [4.69, 9.17) is 46.0 Å². The number of carbonyl (C=O) groups is 1. The molecule has 200 valence electrons. The summed E-state index contributed by atoms with van der Waals surface area (Å²) in [6.07, 6.45) is 5.64. The van der Waals surface area contributed by atoms with Gasteiger partial charge in [0.25, 0.3) is 0 Å². The van der Waals surface area contributed by atoms with Crippen LogP contribution in [0.15, 0.2) is 5.16 Å². The number of carbonyl (C=O) groups excluding carboxylic acids is 1.